The van der Waals surface area contributed by atoms with Crippen LogP contribution in [0, 0.1) is 0 Å². The van der Waals surface area contributed by atoms with E-state index in [-0.39, 0.29) is 5.54 Å². The number of hydrogen-bond acceptors (Lipinski definition) is 4. The zero-order chi connectivity index (χ0) is 15.3. The molecule has 1 unspecified atom stereocenters. The van der Waals surface area contributed by atoms with E-state index in [0.29, 0.717) is 6.04 Å². The van der Waals surface area contributed by atoms with Gasteiger partial charge in [-0.2, -0.15) is 0 Å². The van der Waals surface area contributed by atoms with Crippen molar-refractivity contribution >= 4 is 0 Å². The van der Waals surface area contributed by atoms with Gasteiger partial charge < -0.3 is 14.8 Å². The Labute approximate surface area is 128 Å². The first-order valence-corrected chi connectivity index (χ1v) is 7.71. The average molecular weight is 292 g/mol. The molecule has 1 aromatic rings. The molecule has 2 rings (SSSR count). The number of para-hydroxylation sites is 1. The Hall–Kier alpha value is -1.10. The van der Waals surface area contributed by atoms with Crippen molar-refractivity contribution in [3.63, 3.8) is 0 Å². The number of rotatable bonds is 6. The van der Waals surface area contributed by atoms with Crippen LogP contribution < -0.4 is 10.1 Å². The second-order valence-electron chi connectivity index (χ2n) is 6.11. The molecule has 1 atom stereocenters. The van der Waals surface area contributed by atoms with Crippen molar-refractivity contribution in [1.82, 2.24) is 10.2 Å². The van der Waals surface area contributed by atoms with Crippen LogP contribution >= 0.6 is 0 Å². The highest BCUT2D eigenvalue weighted by atomic mass is 16.5. The van der Waals surface area contributed by atoms with Gasteiger partial charge in [0.05, 0.1) is 20.3 Å². The van der Waals surface area contributed by atoms with E-state index in [1.54, 1.807) is 7.11 Å². The number of methoxy groups -OCH3 is 1. The summed E-state index contributed by atoms with van der Waals surface area (Å²) in [6.07, 6.45) is 0.949. The van der Waals surface area contributed by atoms with E-state index >= 15 is 0 Å². The summed E-state index contributed by atoms with van der Waals surface area (Å²) in [4.78, 5) is 2.52. The summed E-state index contributed by atoms with van der Waals surface area (Å²) in [5.74, 6) is 0.968. The predicted molar refractivity (Wildman–Crippen MR) is 86.0 cm³/mol. The minimum Gasteiger partial charge on any atom is -0.496 e. The third-order valence-electron chi connectivity index (χ3n) is 4.64. The third-order valence-corrected chi connectivity index (χ3v) is 4.64. The van der Waals surface area contributed by atoms with Crippen molar-refractivity contribution in [3.8, 4) is 5.75 Å². The largest absolute Gasteiger partial charge is 0.496 e. The highest BCUT2D eigenvalue weighted by molar-refractivity contribution is 5.34. The molecule has 1 saturated heterocycles. The maximum Gasteiger partial charge on any atom is 0.122 e. The van der Waals surface area contributed by atoms with Crippen LogP contribution in [0.25, 0.3) is 0 Å². The van der Waals surface area contributed by atoms with Crippen LogP contribution in [0.5, 0.6) is 5.75 Å². The standard InChI is InChI=1S/C17H28N2O2/c1-17(2,19-9-11-21-12-10-19)16(18-3)13-14-7-5-6-8-15(14)20-4/h5-8,16,18H,9-13H2,1-4H3. The van der Waals surface area contributed by atoms with Crippen LogP contribution in [0.1, 0.15) is 19.4 Å². The molecule has 21 heavy (non-hydrogen) atoms. The molecular formula is C17H28N2O2. The van der Waals surface area contributed by atoms with E-state index in [2.05, 4.69) is 36.2 Å². The van der Waals surface area contributed by atoms with Crippen molar-refractivity contribution in [2.75, 3.05) is 40.5 Å². The van der Waals surface area contributed by atoms with Gasteiger partial charge in [-0.1, -0.05) is 18.2 Å². The molecule has 4 nitrogen and oxygen atoms in total. The topological polar surface area (TPSA) is 33.7 Å². The van der Waals surface area contributed by atoms with Crippen LogP contribution in [-0.2, 0) is 11.2 Å². The van der Waals surface area contributed by atoms with Gasteiger partial charge in [0.1, 0.15) is 5.75 Å². The van der Waals surface area contributed by atoms with Crippen LogP contribution in [0.3, 0.4) is 0 Å². The lowest BCUT2D eigenvalue weighted by atomic mass is 9.87. The molecule has 0 bridgehead atoms. The molecule has 4 heteroatoms. The van der Waals surface area contributed by atoms with Gasteiger partial charge in [0.15, 0.2) is 0 Å². The highest BCUT2D eigenvalue weighted by Gasteiger charge is 2.35. The average Bonchev–Trinajstić information content (AvgIpc) is 2.53. The molecule has 1 fully saturated rings. The monoisotopic (exact) mass is 292 g/mol. The number of hydrogen-bond donors (Lipinski definition) is 1. The van der Waals surface area contributed by atoms with Gasteiger partial charge in [-0.3, -0.25) is 4.90 Å². The lowest BCUT2D eigenvalue weighted by Crippen LogP contribution is -2.60. The second kappa shape index (κ2) is 7.25. The molecule has 1 heterocycles. The third kappa shape index (κ3) is 3.76. The molecule has 0 amide bonds. The van der Waals surface area contributed by atoms with Gasteiger partial charge in [0.25, 0.3) is 0 Å². The quantitative estimate of drug-likeness (QED) is 0.869. The number of morpholine rings is 1. The minimum absolute atomic E-state index is 0.0688. The lowest BCUT2D eigenvalue weighted by Gasteiger charge is -2.46. The summed E-state index contributed by atoms with van der Waals surface area (Å²) < 4.78 is 11.0. The van der Waals surface area contributed by atoms with E-state index in [0.717, 1.165) is 38.5 Å². The first kappa shape index (κ1) is 16.3. The Bertz CT molecular complexity index is 442. The zero-order valence-electron chi connectivity index (χ0n) is 13.7. The first-order chi connectivity index (χ1) is 10.1. The van der Waals surface area contributed by atoms with Crippen LogP contribution in [-0.4, -0.2) is 56.9 Å². The normalized spacial score (nSPS) is 18.5. The Kier molecular flexibility index (Phi) is 5.62. The lowest BCUT2D eigenvalue weighted by molar-refractivity contribution is -0.0224. The SMILES string of the molecule is CNC(Cc1ccccc1OC)C(C)(C)N1CCOCC1. The van der Waals surface area contributed by atoms with E-state index in [4.69, 9.17) is 9.47 Å². The van der Waals surface area contributed by atoms with Crippen molar-refractivity contribution in [2.45, 2.75) is 31.8 Å². The number of benzene rings is 1. The molecule has 0 saturated carbocycles. The Morgan fingerprint density at radius 3 is 2.57 bits per heavy atom. The molecule has 0 aliphatic carbocycles. The minimum atomic E-state index is 0.0688. The highest BCUT2D eigenvalue weighted by Crippen LogP contribution is 2.26. The van der Waals surface area contributed by atoms with Crippen LogP contribution in [0.15, 0.2) is 24.3 Å². The van der Waals surface area contributed by atoms with Gasteiger partial charge in [-0.05, 0) is 38.9 Å². The molecule has 0 radical (unpaired) electrons. The van der Waals surface area contributed by atoms with E-state index in [9.17, 15) is 0 Å². The van der Waals surface area contributed by atoms with Gasteiger partial charge in [-0.15, -0.1) is 0 Å². The maximum atomic E-state index is 5.49. The predicted octanol–water partition coefficient (Wildman–Crippen LogP) is 1.94. The number of ether oxygens (including phenoxy) is 2. The maximum absolute atomic E-state index is 5.49. The zero-order valence-corrected chi connectivity index (χ0v) is 13.7. The summed E-state index contributed by atoms with van der Waals surface area (Å²) in [6, 6.07) is 8.63. The van der Waals surface area contributed by atoms with Gasteiger partial charge >= 0.3 is 0 Å². The molecule has 1 aliphatic heterocycles. The van der Waals surface area contributed by atoms with Crippen LogP contribution in [0.2, 0.25) is 0 Å². The first-order valence-electron chi connectivity index (χ1n) is 7.71. The Morgan fingerprint density at radius 2 is 1.95 bits per heavy atom. The molecule has 1 aliphatic rings. The number of nitrogens with one attached hydrogen (secondary N) is 1. The fourth-order valence-electron chi connectivity index (χ4n) is 3.16. The molecule has 1 N–H and O–H groups in total. The van der Waals surface area contributed by atoms with Crippen molar-refractivity contribution in [3.05, 3.63) is 29.8 Å². The molecule has 0 aromatic heterocycles. The van der Waals surface area contributed by atoms with E-state index < -0.39 is 0 Å². The summed E-state index contributed by atoms with van der Waals surface area (Å²) in [7, 11) is 3.78. The summed E-state index contributed by atoms with van der Waals surface area (Å²) in [5.41, 5.74) is 1.32. The molecule has 118 valence electrons. The molecular weight excluding hydrogens is 264 g/mol. The van der Waals surface area contributed by atoms with E-state index in [1.807, 2.05) is 19.2 Å². The summed E-state index contributed by atoms with van der Waals surface area (Å²) in [6.45, 7) is 8.28. The summed E-state index contributed by atoms with van der Waals surface area (Å²) in [5, 5.41) is 3.50. The second-order valence-corrected chi connectivity index (χ2v) is 6.11. The fourth-order valence-corrected chi connectivity index (χ4v) is 3.16. The van der Waals surface area contributed by atoms with Crippen LogP contribution in [0.4, 0.5) is 0 Å². The fraction of sp³-hybridized carbons (Fsp3) is 0.647. The smallest absolute Gasteiger partial charge is 0.122 e. The van der Waals surface area contributed by atoms with Crippen molar-refractivity contribution in [2.24, 2.45) is 0 Å². The Balaban J connectivity index is 2.14. The van der Waals surface area contributed by atoms with Gasteiger partial charge in [-0.25, -0.2) is 0 Å². The molecule has 1 aromatic carbocycles. The van der Waals surface area contributed by atoms with Gasteiger partial charge in [0, 0.05) is 24.7 Å². The number of nitrogens with zero attached hydrogens (tertiary/aromatic N) is 1. The summed E-state index contributed by atoms with van der Waals surface area (Å²) >= 11 is 0. The number of likely N-dealkylation sites (N-methyl/N-ethyl adjacent to an activating group) is 1. The molecule has 0 spiro atoms. The Morgan fingerprint density at radius 1 is 1.29 bits per heavy atom. The van der Waals surface area contributed by atoms with Crippen molar-refractivity contribution < 1.29 is 9.47 Å². The van der Waals surface area contributed by atoms with Gasteiger partial charge in [0.2, 0.25) is 0 Å². The van der Waals surface area contributed by atoms with Crippen molar-refractivity contribution in [1.29, 1.82) is 0 Å². The van der Waals surface area contributed by atoms with E-state index in [1.165, 1.54) is 5.56 Å².